The first kappa shape index (κ1) is 38.7. The van der Waals surface area contributed by atoms with Gasteiger partial charge in [-0.2, -0.15) is 0 Å². The highest BCUT2D eigenvalue weighted by Gasteiger charge is 2.09. The van der Waals surface area contributed by atoms with Gasteiger partial charge in [-0.05, 0) is 30.8 Å². The number of rotatable bonds is 34. The summed E-state index contributed by atoms with van der Waals surface area (Å²) in [7, 11) is 0. The molecule has 0 heterocycles. The second-order valence-electron chi connectivity index (χ2n) is 11.9. The first-order valence-electron chi connectivity index (χ1n) is 17.7. The molecule has 0 saturated carbocycles. The van der Waals surface area contributed by atoms with Crippen molar-refractivity contribution in [2.24, 2.45) is 0 Å². The monoisotopic (exact) mass is 573 g/mol. The van der Waals surface area contributed by atoms with E-state index < -0.39 is 0 Å². The molecule has 0 rings (SSSR count). The Bertz CT molecular complexity index is 369. The zero-order valence-corrected chi connectivity index (χ0v) is 28.1. The van der Waals surface area contributed by atoms with Gasteiger partial charge in [-0.25, -0.2) is 0 Å². The Morgan fingerprint density at radius 3 is 0.842 bits per heavy atom. The lowest BCUT2D eigenvalue weighted by atomic mass is 10.0. The van der Waals surface area contributed by atoms with Gasteiger partial charge in [-0.3, -0.25) is 0 Å². The Kier molecular flexibility index (Phi) is 36.3. The smallest absolute Gasteiger partial charge is 0.0524 e. The van der Waals surface area contributed by atoms with Gasteiger partial charge in [0, 0.05) is 6.61 Å². The highest BCUT2D eigenvalue weighted by Crippen LogP contribution is 2.29. The molecule has 0 unspecified atom stereocenters. The number of unbranched alkanes of at least 4 members (excludes halogenated alkanes) is 26. The van der Waals surface area contributed by atoms with E-state index in [0.29, 0.717) is 11.2 Å². The molecule has 38 heavy (non-hydrogen) atoms. The van der Waals surface area contributed by atoms with Crippen molar-refractivity contribution < 1.29 is 5.11 Å². The third-order valence-corrected chi connectivity index (χ3v) is 11.0. The third kappa shape index (κ3) is 32.9. The number of thioether (sulfide) groups is 2. The third-order valence-electron chi connectivity index (χ3n) is 7.97. The Hall–Kier alpha value is 0.660. The fourth-order valence-corrected chi connectivity index (χ4v) is 8.12. The average Bonchev–Trinajstić information content (AvgIpc) is 2.92. The van der Waals surface area contributed by atoms with E-state index in [1.165, 1.54) is 191 Å². The minimum Gasteiger partial charge on any atom is -0.396 e. The molecule has 0 fully saturated rings. The second-order valence-corrected chi connectivity index (χ2v) is 14.8. The molecule has 0 saturated heterocycles. The molecule has 0 aliphatic heterocycles. The van der Waals surface area contributed by atoms with E-state index in [-0.39, 0.29) is 0 Å². The van der Waals surface area contributed by atoms with Crippen LogP contribution in [0.4, 0.5) is 0 Å². The molecule has 0 aromatic carbocycles. The minimum atomic E-state index is 0.349. The van der Waals surface area contributed by atoms with Gasteiger partial charge in [0.25, 0.3) is 0 Å². The zero-order valence-electron chi connectivity index (χ0n) is 26.5. The topological polar surface area (TPSA) is 20.2 Å². The van der Waals surface area contributed by atoms with Crippen LogP contribution in [0.3, 0.4) is 0 Å². The molecular weight excluding hydrogens is 501 g/mol. The quantitative estimate of drug-likeness (QED) is 0.0611. The van der Waals surface area contributed by atoms with Gasteiger partial charge in [-0.15, -0.1) is 23.5 Å². The van der Waals surface area contributed by atoms with Crippen molar-refractivity contribution in [3.8, 4) is 0 Å². The van der Waals surface area contributed by atoms with Gasteiger partial charge in [0.15, 0.2) is 0 Å². The summed E-state index contributed by atoms with van der Waals surface area (Å²) in [5.41, 5.74) is 0. The number of aliphatic hydroxyl groups excluding tert-OH is 1. The molecular formula is C35H72OS2. The Morgan fingerprint density at radius 2 is 0.605 bits per heavy atom. The van der Waals surface area contributed by atoms with Crippen molar-refractivity contribution in [3.63, 3.8) is 0 Å². The Morgan fingerprint density at radius 1 is 0.368 bits per heavy atom. The maximum absolute atomic E-state index is 9.46. The summed E-state index contributed by atoms with van der Waals surface area (Å²) in [6.45, 7) is 4.95. The molecule has 0 aliphatic rings. The van der Waals surface area contributed by atoms with Crippen molar-refractivity contribution >= 4 is 23.5 Å². The molecule has 3 heteroatoms. The van der Waals surface area contributed by atoms with E-state index in [1.807, 2.05) is 0 Å². The van der Waals surface area contributed by atoms with Gasteiger partial charge in [0.1, 0.15) is 0 Å². The number of aliphatic hydroxyl groups is 1. The van der Waals surface area contributed by atoms with Crippen molar-refractivity contribution in [3.05, 3.63) is 0 Å². The van der Waals surface area contributed by atoms with Gasteiger partial charge >= 0.3 is 0 Å². The first-order chi connectivity index (χ1) is 18.8. The molecule has 230 valence electrons. The molecule has 0 atom stereocenters. The lowest BCUT2D eigenvalue weighted by Gasteiger charge is -2.15. The maximum atomic E-state index is 9.46. The fraction of sp³-hybridized carbons (Fsp3) is 1.00. The molecule has 0 bridgehead atoms. The molecule has 1 nitrogen and oxygen atoms in total. The normalized spacial score (nSPS) is 11.7. The van der Waals surface area contributed by atoms with Crippen LogP contribution in [0.5, 0.6) is 0 Å². The molecule has 0 aliphatic carbocycles. The molecule has 0 aromatic rings. The van der Waals surface area contributed by atoms with Crippen molar-refractivity contribution in [2.75, 3.05) is 18.1 Å². The van der Waals surface area contributed by atoms with E-state index in [0.717, 1.165) is 6.42 Å². The molecule has 0 radical (unpaired) electrons. The zero-order chi connectivity index (χ0) is 27.6. The van der Waals surface area contributed by atoms with Crippen LogP contribution in [-0.2, 0) is 0 Å². The van der Waals surface area contributed by atoms with Gasteiger partial charge < -0.3 is 5.11 Å². The van der Waals surface area contributed by atoms with Crippen LogP contribution < -0.4 is 0 Å². The Balaban J connectivity index is 3.36. The van der Waals surface area contributed by atoms with Crippen LogP contribution in [0.2, 0.25) is 0 Å². The summed E-state index contributed by atoms with van der Waals surface area (Å²) in [5, 5.41) is 9.46. The fourth-order valence-electron chi connectivity index (χ4n) is 5.34. The summed E-state index contributed by atoms with van der Waals surface area (Å²) in [6, 6.07) is 0. The van der Waals surface area contributed by atoms with E-state index >= 15 is 0 Å². The molecule has 0 spiro atoms. The Labute approximate surface area is 250 Å². The first-order valence-corrected chi connectivity index (χ1v) is 19.8. The van der Waals surface area contributed by atoms with Gasteiger partial charge in [0.2, 0.25) is 0 Å². The van der Waals surface area contributed by atoms with E-state index in [9.17, 15) is 5.11 Å². The molecule has 0 aromatic heterocycles. The summed E-state index contributed by atoms with van der Waals surface area (Å²) < 4.78 is 0.615. The summed E-state index contributed by atoms with van der Waals surface area (Å²) in [5.74, 6) is 2.57. The van der Waals surface area contributed by atoms with Crippen LogP contribution in [-0.4, -0.2) is 27.8 Å². The lowest BCUT2D eigenvalue weighted by molar-refractivity contribution is 0.294. The van der Waals surface area contributed by atoms with Crippen molar-refractivity contribution in [1.29, 1.82) is 0 Å². The SMILES string of the molecule is CCCCCCCCCCCCCCCCSC(CCO)SCCCCCCCCCCCCCCCC. The standard InChI is InChI=1S/C35H72OS2/c1-3-5-7-9-11-13-15-17-19-21-23-25-27-29-33-37-35(31-32-36)38-34-30-28-26-24-22-20-18-16-14-12-10-8-6-4-2/h35-36H,3-34H2,1-2H3. The van der Waals surface area contributed by atoms with Crippen molar-refractivity contribution in [1.82, 2.24) is 0 Å². The van der Waals surface area contributed by atoms with Crippen LogP contribution in [0.15, 0.2) is 0 Å². The largest absolute Gasteiger partial charge is 0.396 e. The summed E-state index contributed by atoms with van der Waals surface area (Å²) in [4.78, 5) is 0. The number of hydrogen-bond donors (Lipinski definition) is 1. The lowest BCUT2D eigenvalue weighted by Crippen LogP contribution is -2.03. The van der Waals surface area contributed by atoms with E-state index in [1.54, 1.807) is 0 Å². The summed E-state index contributed by atoms with van der Waals surface area (Å²) in [6.07, 6.45) is 41.2. The minimum absolute atomic E-state index is 0.349. The predicted molar refractivity (Wildman–Crippen MR) is 181 cm³/mol. The highest BCUT2D eigenvalue weighted by molar-refractivity contribution is 8.17. The van der Waals surface area contributed by atoms with Crippen LogP contribution in [0.25, 0.3) is 0 Å². The molecule has 0 amide bonds. The highest BCUT2D eigenvalue weighted by atomic mass is 32.2. The summed E-state index contributed by atoms with van der Waals surface area (Å²) >= 11 is 4.24. The van der Waals surface area contributed by atoms with Gasteiger partial charge in [0.05, 0.1) is 4.58 Å². The van der Waals surface area contributed by atoms with Crippen LogP contribution in [0.1, 0.15) is 200 Å². The van der Waals surface area contributed by atoms with Crippen LogP contribution >= 0.6 is 23.5 Å². The van der Waals surface area contributed by atoms with E-state index in [4.69, 9.17) is 0 Å². The average molecular weight is 573 g/mol. The molecule has 1 N–H and O–H groups in total. The van der Waals surface area contributed by atoms with E-state index in [2.05, 4.69) is 37.4 Å². The van der Waals surface area contributed by atoms with Crippen molar-refractivity contribution in [2.45, 2.75) is 205 Å². The second kappa shape index (κ2) is 35.7. The van der Waals surface area contributed by atoms with Gasteiger partial charge in [-0.1, -0.05) is 181 Å². The van der Waals surface area contributed by atoms with Crippen LogP contribution in [0, 0.1) is 0 Å². The predicted octanol–water partition coefficient (Wildman–Crippen LogP) is 13.1. The number of hydrogen-bond acceptors (Lipinski definition) is 3. The maximum Gasteiger partial charge on any atom is 0.0524 e.